The van der Waals surface area contributed by atoms with E-state index in [4.69, 9.17) is 21.6 Å². The Labute approximate surface area is 196 Å². The Balaban J connectivity index is 1.66. The van der Waals surface area contributed by atoms with Crippen LogP contribution < -0.4 is 4.90 Å². The second-order valence-corrected chi connectivity index (χ2v) is 8.59. The van der Waals surface area contributed by atoms with Crippen molar-refractivity contribution < 1.29 is 9.90 Å². The summed E-state index contributed by atoms with van der Waals surface area (Å²) < 4.78 is 2.05. The highest BCUT2D eigenvalue weighted by atomic mass is 35.5. The van der Waals surface area contributed by atoms with Crippen LogP contribution in [-0.4, -0.2) is 56.5 Å². The molecule has 0 radical (unpaired) electrons. The van der Waals surface area contributed by atoms with Crippen LogP contribution in [0.2, 0.25) is 5.02 Å². The first-order valence-electron chi connectivity index (χ1n) is 10.9. The zero-order valence-electron chi connectivity index (χ0n) is 18.3. The van der Waals surface area contributed by atoms with Crippen LogP contribution in [0.25, 0.3) is 28.2 Å². The van der Waals surface area contributed by atoms with Gasteiger partial charge in [0.2, 0.25) is 5.91 Å². The van der Waals surface area contributed by atoms with Crippen molar-refractivity contribution in [2.24, 2.45) is 0 Å². The molecule has 0 saturated carbocycles. The number of carbonyl (C=O) groups excluding carboxylic acids is 1. The van der Waals surface area contributed by atoms with E-state index in [9.17, 15) is 9.90 Å². The summed E-state index contributed by atoms with van der Waals surface area (Å²) >= 11 is 6.13. The zero-order chi connectivity index (χ0) is 22.9. The smallest absolute Gasteiger partial charge is 0.219 e. The predicted octanol–water partition coefficient (Wildman–Crippen LogP) is 4.48. The number of anilines is 1. The van der Waals surface area contributed by atoms with Gasteiger partial charge in [-0.05, 0) is 42.8 Å². The number of hydrogen-bond acceptors (Lipinski definition) is 5. The largest absolute Gasteiger partial charge is 0.508 e. The minimum absolute atomic E-state index is 0.100. The summed E-state index contributed by atoms with van der Waals surface area (Å²) in [5, 5.41) is 10.5. The molecular formula is C25H24ClN5O2. The summed E-state index contributed by atoms with van der Waals surface area (Å²) in [6, 6.07) is 14.7. The number of phenols is 1. The van der Waals surface area contributed by atoms with Crippen molar-refractivity contribution in [1.82, 2.24) is 19.3 Å². The van der Waals surface area contributed by atoms with Crippen LogP contribution in [0.1, 0.15) is 13.3 Å². The number of amides is 1. The normalized spacial score (nSPS) is 14.5. The lowest BCUT2D eigenvalue weighted by molar-refractivity contribution is -0.128. The van der Waals surface area contributed by atoms with Gasteiger partial charge in [-0.15, -0.1) is 0 Å². The first-order valence-corrected chi connectivity index (χ1v) is 11.3. The van der Waals surface area contributed by atoms with E-state index in [-0.39, 0.29) is 11.7 Å². The number of benzene rings is 2. The maximum Gasteiger partial charge on any atom is 0.219 e. The van der Waals surface area contributed by atoms with Gasteiger partial charge in [0, 0.05) is 61.6 Å². The van der Waals surface area contributed by atoms with Crippen LogP contribution in [0, 0.1) is 0 Å². The van der Waals surface area contributed by atoms with Crippen LogP contribution >= 0.6 is 11.6 Å². The van der Waals surface area contributed by atoms with Crippen molar-refractivity contribution >= 4 is 29.0 Å². The van der Waals surface area contributed by atoms with Gasteiger partial charge in [-0.25, -0.2) is 9.97 Å². The third kappa shape index (κ3) is 4.12. The molecule has 8 heteroatoms. The number of carbonyl (C=O) groups is 1. The number of aromatic hydroxyl groups is 1. The van der Waals surface area contributed by atoms with Gasteiger partial charge in [0.25, 0.3) is 0 Å². The molecule has 0 bridgehead atoms. The lowest BCUT2D eigenvalue weighted by Crippen LogP contribution is -2.34. The maximum absolute atomic E-state index is 11.9. The topological polar surface area (TPSA) is 74.0 Å². The summed E-state index contributed by atoms with van der Waals surface area (Å²) in [5.41, 5.74) is 4.35. The fourth-order valence-corrected chi connectivity index (χ4v) is 4.46. The first-order chi connectivity index (χ1) is 16.0. The molecule has 2 aromatic carbocycles. The Morgan fingerprint density at radius 3 is 2.42 bits per heavy atom. The van der Waals surface area contributed by atoms with Crippen LogP contribution in [0.5, 0.6) is 5.75 Å². The van der Waals surface area contributed by atoms with Crippen molar-refractivity contribution in [3.8, 4) is 28.3 Å². The van der Waals surface area contributed by atoms with E-state index in [1.807, 2.05) is 51.9 Å². The van der Waals surface area contributed by atoms with Crippen molar-refractivity contribution in [2.75, 3.05) is 31.1 Å². The van der Waals surface area contributed by atoms with Gasteiger partial charge in [0.15, 0.2) is 11.5 Å². The Morgan fingerprint density at radius 2 is 1.70 bits per heavy atom. The van der Waals surface area contributed by atoms with Crippen LogP contribution in [0.4, 0.5) is 5.82 Å². The quantitative estimate of drug-likeness (QED) is 0.487. The Morgan fingerprint density at radius 1 is 0.970 bits per heavy atom. The fourth-order valence-electron chi connectivity index (χ4n) is 4.34. The third-order valence-corrected chi connectivity index (χ3v) is 6.27. The van der Waals surface area contributed by atoms with E-state index < -0.39 is 0 Å². The van der Waals surface area contributed by atoms with Crippen LogP contribution in [-0.2, 0) is 4.79 Å². The molecule has 3 heterocycles. The summed E-state index contributed by atoms with van der Waals surface area (Å²) in [6.45, 7) is 4.52. The SMILES string of the molecule is CC(=O)N1CCCN(c2nccn3c(-c4ccc(O)cc4)c(-c4ccc(Cl)cc4)nc23)CC1. The van der Waals surface area contributed by atoms with E-state index in [2.05, 4.69) is 4.90 Å². The highest BCUT2D eigenvalue weighted by molar-refractivity contribution is 6.30. The number of imidazole rings is 1. The molecule has 168 valence electrons. The molecule has 2 aromatic heterocycles. The van der Waals surface area contributed by atoms with Crippen molar-refractivity contribution in [3.63, 3.8) is 0 Å². The number of nitrogens with zero attached hydrogens (tertiary/aromatic N) is 5. The summed E-state index contributed by atoms with van der Waals surface area (Å²) in [6.07, 6.45) is 4.57. The Hall–Kier alpha value is -3.58. The van der Waals surface area contributed by atoms with Crippen LogP contribution in [0.15, 0.2) is 60.9 Å². The molecule has 33 heavy (non-hydrogen) atoms. The predicted molar refractivity (Wildman–Crippen MR) is 130 cm³/mol. The number of rotatable bonds is 3. The Kier molecular flexibility index (Phi) is 5.64. The Bertz CT molecular complexity index is 1300. The highest BCUT2D eigenvalue weighted by Crippen LogP contribution is 2.36. The monoisotopic (exact) mass is 461 g/mol. The van der Waals surface area contributed by atoms with Crippen LogP contribution in [0.3, 0.4) is 0 Å². The van der Waals surface area contributed by atoms with Gasteiger partial charge >= 0.3 is 0 Å². The molecule has 5 rings (SSSR count). The number of phenolic OH excluding ortho intramolecular Hbond substituents is 1. The highest BCUT2D eigenvalue weighted by Gasteiger charge is 2.23. The standard InChI is InChI=1S/C25H24ClN5O2/c1-17(32)29-12-2-13-30(16-15-29)24-25-28-22(18-3-7-20(26)8-4-18)23(31(25)14-11-27-24)19-5-9-21(33)10-6-19/h3-11,14,33H,2,12-13,15-16H2,1H3. The maximum atomic E-state index is 11.9. The average molecular weight is 462 g/mol. The van der Waals surface area contributed by atoms with E-state index >= 15 is 0 Å². The van der Waals surface area contributed by atoms with Crippen molar-refractivity contribution in [3.05, 3.63) is 65.9 Å². The summed E-state index contributed by atoms with van der Waals surface area (Å²) in [4.78, 5) is 25.7. The molecule has 7 nitrogen and oxygen atoms in total. The second kappa shape index (κ2) is 8.75. The molecule has 1 N–H and O–H groups in total. The number of hydrogen-bond donors (Lipinski definition) is 1. The molecule has 1 aliphatic heterocycles. The van der Waals surface area contributed by atoms with E-state index in [0.717, 1.165) is 53.5 Å². The third-order valence-electron chi connectivity index (χ3n) is 6.02. The molecule has 0 unspecified atom stereocenters. The molecule has 1 saturated heterocycles. The number of halogens is 1. The van der Waals surface area contributed by atoms with Gasteiger partial charge < -0.3 is 14.9 Å². The molecule has 0 aliphatic carbocycles. The van der Waals surface area contributed by atoms with E-state index in [1.165, 1.54) is 0 Å². The molecule has 0 atom stereocenters. The van der Waals surface area contributed by atoms with Gasteiger partial charge in [0.1, 0.15) is 5.75 Å². The van der Waals surface area contributed by atoms with E-state index in [1.54, 1.807) is 25.3 Å². The summed E-state index contributed by atoms with van der Waals surface area (Å²) in [7, 11) is 0. The lowest BCUT2D eigenvalue weighted by atomic mass is 10.0. The first kappa shape index (κ1) is 21.3. The fraction of sp³-hybridized carbons (Fsp3) is 0.240. The minimum Gasteiger partial charge on any atom is -0.508 e. The number of aromatic nitrogens is 3. The number of fused-ring (bicyclic) bond motifs is 1. The molecule has 1 fully saturated rings. The van der Waals surface area contributed by atoms with Crippen molar-refractivity contribution in [1.29, 1.82) is 0 Å². The van der Waals surface area contributed by atoms with Crippen molar-refractivity contribution in [2.45, 2.75) is 13.3 Å². The molecule has 1 aliphatic rings. The van der Waals surface area contributed by atoms with Gasteiger partial charge in [-0.1, -0.05) is 23.7 Å². The molecule has 4 aromatic rings. The average Bonchev–Trinajstić information content (AvgIpc) is 3.02. The summed E-state index contributed by atoms with van der Waals surface area (Å²) in [5.74, 6) is 1.11. The van der Waals surface area contributed by atoms with Gasteiger partial charge in [0.05, 0.1) is 11.4 Å². The van der Waals surface area contributed by atoms with E-state index in [0.29, 0.717) is 18.1 Å². The molecule has 0 spiro atoms. The van der Waals surface area contributed by atoms with Gasteiger partial charge in [-0.3, -0.25) is 9.20 Å². The molecule has 1 amide bonds. The zero-order valence-corrected chi connectivity index (χ0v) is 19.0. The van der Waals surface area contributed by atoms with Gasteiger partial charge in [-0.2, -0.15) is 0 Å². The second-order valence-electron chi connectivity index (χ2n) is 8.15. The molecular weight excluding hydrogens is 438 g/mol. The lowest BCUT2D eigenvalue weighted by Gasteiger charge is -2.22. The minimum atomic E-state index is 0.100.